The predicted molar refractivity (Wildman–Crippen MR) is 176 cm³/mol. The van der Waals surface area contributed by atoms with Crippen LogP contribution in [0.1, 0.15) is 38.7 Å². The zero-order chi connectivity index (χ0) is 35.4. The first-order valence-corrected chi connectivity index (χ1v) is 15.7. The monoisotopic (exact) mass is 707 g/mol. The molecule has 1 N–H and O–H groups in total. The molecule has 0 aliphatic heterocycles. The number of carboxylic acids is 1. The van der Waals surface area contributed by atoms with E-state index >= 15 is 0 Å². The number of alkyl halides is 3. The Morgan fingerprint density at radius 2 is 1.80 bits per heavy atom. The summed E-state index contributed by atoms with van der Waals surface area (Å²) in [4.78, 5) is 38.4. The number of aromatic nitrogens is 4. The molecule has 0 saturated heterocycles. The number of carbonyl (C=O) groups is 1. The van der Waals surface area contributed by atoms with Gasteiger partial charge in [-0.05, 0) is 57.2 Å². The smallest absolute Gasteiger partial charge is 0.417 e. The minimum absolute atomic E-state index is 0.0543. The summed E-state index contributed by atoms with van der Waals surface area (Å²) in [6, 6.07) is 10.8. The summed E-state index contributed by atoms with van der Waals surface area (Å²) in [5.41, 5.74) is -2.06. The number of ether oxygens (including phenoxy) is 1. The third-order valence-electron chi connectivity index (χ3n) is 7.72. The summed E-state index contributed by atoms with van der Waals surface area (Å²) in [6.07, 6.45) is -4.98. The molecule has 4 aromatic heterocycles. The van der Waals surface area contributed by atoms with Crippen molar-refractivity contribution in [2.24, 2.45) is 0 Å². The van der Waals surface area contributed by atoms with Gasteiger partial charge in [-0.3, -0.25) is 19.3 Å². The number of benzene rings is 2. The van der Waals surface area contributed by atoms with E-state index in [-0.39, 0.29) is 41.1 Å². The molecule has 0 atom stereocenters. The number of carboxylic acid groups (broad SMARTS) is 1. The second-order valence-corrected chi connectivity index (χ2v) is 12.4. The SMILES string of the molecule is Cc1cc(F)cc(-c2c(C(F)(F)F)cc3nc(C)n(CCOc4ccc(Cl)cc4-c4cc(C)nc5c(C(=O)O)csc45)c(=O)c3c2C#N)n1. The van der Waals surface area contributed by atoms with Crippen molar-refractivity contribution in [3.05, 3.63) is 103 Å². The molecule has 15 heteroatoms. The number of hydrogen-bond acceptors (Lipinski definition) is 8. The Kier molecular flexibility index (Phi) is 8.60. The average Bonchev–Trinajstić information content (AvgIpc) is 3.45. The number of nitriles is 1. The molecule has 6 rings (SSSR count). The van der Waals surface area contributed by atoms with Crippen LogP contribution in [0.3, 0.4) is 0 Å². The molecule has 0 aliphatic carbocycles. The second-order valence-electron chi connectivity index (χ2n) is 11.0. The van der Waals surface area contributed by atoms with E-state index in [1.807, 2.05) is 0 Å². The molecule has 4 heterocycles. The molecule has 0 aliphatic rings. The number of halogens is 5. The lowest BCUT2D eigenvalue weighted by Crippen LogP contribution is -2.27. The fourth-order valence-electron chi connectivity index (χ4n) is 5.68. The lowest BCUT2D eigenvalue weighted by molar-refractivity contribution is -0.137. The summed E-state index contributed by atoms with van der Waals surface area (Å²) in [7, 11) is 0. The van der Waals surface area contributed by atoms with Gasteiger partial charge in [0.2, 0.25) is 0 Å². The molecule has 6 aromatic rings. The number of aryl methyl sites for hydroxylation is 3. The maximum atomic E-state index is 14.3. The summed E-state index contributed by atoms with van der Waals surface area (Å²) < 4.78 is 65.2. The van der Waals surface area contributed by atoms with Crippen molar-refractivity contribution in [1.82, 2.24) is 19.5 Å². The standard InChI is InChI=1S/C34H22ClF4N5O4S/c1-15-8-19(36)11-25(41-15)28-22(13-40)29-26(12-24(28)34(37,38)39)43-17(3)44(32(29)45)6-7-48-27-5-4-18(35)10-20(27)21-9-16(2)42-30-23(33(46)47)14-49-31(21)30/h4-5,8-12,14H,6-7H2,1-3H3,(H,46,47). The largest absolute Gasteiger partial charge is 0.491 e. The minimum Gasteiger partial charge on any atom is -0.491 e. The van der Waals surface area contributed by atoms with Crippen molar-refractivity contribution >= 4 is 50.0 Å². The molecule has 0 spiro atoms. The number of nitrogens with zero attached hydrogens (tertiary/aromatic N) is 5. The lowest BCUT2D eigenvalue weighted by Gasteiger charge is -2.18. The molecule has 0 bridgehead atoms. The van der Waals surface area contributed by atoms with Crippen LogP contribution in [0.25, 0.3) is 43.5 Å². The van der Waals surface area contributed by atoms with Gasteiger partial charge in [0.25, 0.3) is 5.56 Å². The van der Waals surface area contributed by atoms with Crippen LogP contribution in [-0.2, 0) is 12.7 Å². The molecule has 9 nitrogen and oxygen atoms in total. The van der Waals surface area contributed by atoms with Crippen LogP contribution < -0.4 is 10.3 Å². The number of pyridine rings is 2. The predicted octanol–water partition coefficient (Wildman–Crippen LogP) is 8.12. The highest BCUT2D eigenvalue weighted by molar-refractivity contribution is 7.18. The van der Waals surface area contributed by atoms with Gasteiger partial charge in [-0.15, -0.1) is 11.3 Å². The van der Waals surface area contributed by atoms with Crippen LogP contribution in [0.2, 0.25) is 5.02 Å². The third kappa shape index (κ3) is 6.18. The highest BCUT2D eigenvalue weighted by atomic mass is 35.5. The van der Waals surface area contributed by atoms with Gasteiger partial charge >= 0.3 is 12.1 Å². The summed E-state index contributed by atoms with van der Waals surface area (Å²) in [5.74, 6) is -1.57. The third-order valence-corrected chi connectivity index (χ3v) is 8.95. The van der Waals surface area contributed by atoms with Crippen molar-refractivity contribution in [3.63, 3.8) is 0 Å². The molecule has 0 radical (unpaired) electrons. The van der Waals surface area contributed by atoms with E-state index in [4.69, 9.17) is 16.3 Å². The van der Waals surface area contributed by atoms with E-state index in [0.29, 0.717) is 43.9 Å². The Bertz CT molecular complexity index is 2430. The Hall–Kier alpha value is -5.39. The second kappa shape index (κ2) is 12.6. The van der Waals surface area contributed by atoms with E-state index in [0.717, 1.165) is 12.1 Å². The highest BCUT2D eigenvalue weighted by Crippen LogP contribution is 2.42. The van der Waals surface area contributed by atoms with E-state index in [2.05, 4.69) is 15.0 Å². The van der Waals surface area contributed by atoms with E-state index in [1.165, 1.54) is 35.1 Å². The quantitative estimate of drug-likeness (QED) is 0.165. The molecule has 0 unspecified atom stereocenters. The summed E-state index contributed by atoms with van der Waals surface area (Å²) in [6.45, 7) is 4.31. The Morgan fingerprint density at radius 1 is 1.06 bits per heavy atom. The lowest BCUT2D eigenvalue weighted by atomic mass is 9.94. The van der Waals surface area contributed by atoms with Crippen LogP contribution >= 0.6 is 22.9 Å². The first-order chi connectivity index (χ1) is 23.2. The van der Waals surface area contributed by atoms with Gasteiger partial charge in [-0.25, -0.2) is 14.2 Å². The van der Waals surface area contributed by atoms with Crippen molar-refractivity contribution < 1.29 is 32.2 Å². The summed E-state index contributed by atoms with van der Waals surface area (Å²) in [5, 5.41) is 21.3. The molecule has 0 saturated carbocycles. The van der Waals surface area contributed by atoms with E-state index in [1.54, 1.807) is 37.3 Å². The van der Waals surface area contributed by atoms with Crippen LogP contribution in [0, 0.1) is 37.9 Å². The maximum absolute atomic E-state index is 14.3. The molecular weight excluding hydrogens is 686 g/mol. The number of fused-ring (bicyclic) bond motifs is 2. The first-order valence-electron chi connectivity index (χ1n) is 14.4. The first kappa shape index (κ1) is 33.5. The molecular formula is C34H22ClF4N5O4S. The normalized spacial score (nSPS) is 11.7. The number of thiophene rings is 1. The Morgan fingerprint density at radius 3 is 2.47 bits per heavy atom. The highest BCUT2D eigenvalue weighted by Gasteiger charge is 2.37. The number of hydrogen-bond donors (Lipinski definition) is 1. The topological polar surface area (TPSA) is 131 Å². The zero-order valence-electron chi connectivity index (χ0n) is 25.7. The van der Waals surface area contributed by atoms with Gasteiger partial charge in [0.15, 0.2) is 0 Å². The molecule has 2 aromatic carbocycles. The van der Waals surface area contributed by atoms with Gasteiger partial charge in [0.05, 0.1) is 50.0 Å². The van der Waals surface area contributed by atoms with Gasteiger partial charge in [-0.1, -0.05) is 11.6 Å². The molecule has 49 heavy (non-hydrogen) atoms. The molecule has 0 fully saturated rings. The fourth-order valence-corrected chi connectivity index (χ4v) is 6.87. The van der Waals surface area contributed by atoms with E-state index < -0.39 is 45.9 Å². The Labute approximate surface area is 283 Å². The van der Waals surface area contributed by atoms with Crippen molar-refractivity contribution in [2.75, 3.05) is 6.61 Å². The molecule has 248 valence electrons. The van der Waals surface area contributed by atoms with Crippen LogP contribution in [0.4, 0.5) is 17.6 Å². The Balaban J connectivity index is 1.43. The van der Waals surface area contributed by atoms with Crippen LogP contribution in [0.5, 0.6) is 5.75 Å². The van der Waals surface area contributed by atoms with E-state index in [9.17, 15) is 37.5 Å². The summed E-state index contributed by atoms with van der Waals surface area (Å²) >= 11 is 7.55. The fraction of sp³-hybridized carbons (Fsp3) is 0.176. The zero-order valence-corrected chi connectivity index (χ0v) is 27.3. The van der Waals surface area contributed by atoms with Crippen molar-refractivity contribution in [2.45, 2.75) is 33.5 Å². The van der Waals surface area contributed by atoms with Crippen LogP contribution in [-0.4, -0.2) is 37.2 Å². The minimum atomic E-state index is -4.98. The van der Waals surface area contributed by atoms with Gasteiger partial charge < -0.3 is 9.84 Å². The van der Waals surface area contributed by atoms with Gasteiger partial charge in [0, 0.05) is 44.5 Å². The van der Waals surface area contributed by atoms with Gasteiger partial charge in [0.1, 0.15) is 30.1 Å². The average molecular weight is 708 g/mol. The maximum Gasteiger partial charge on any atom is 0.417 e. The number of aromatic carboxylic acids is 1. The van der Waals surface area contributed by atoms with Crippen molar-refractivity contribution in [1.29, 1.82) is 5.26 Å². The molecule has 0 amide bonds. The van der Waals surface area contributed by atoms with Crippen LogP contribution in [0.15, 0.2) is 52.6 Å². The van der Waals surface area contributed by atoms with Crippen molar-refractivity contribution in [3.8, 4) is 34.2 Å². The van der Waals surface area contributed by atoms with Gasteiger partial charge in [-0.2, -0.15) is 18.4 Å². The number of rotatable bonds is 7.